The summed E-state index contributed by atoms with van der Waals surface area (Å²) in [6.07, 6.45) is -7.41. The lowest BCUT2D eigenvalue weighted by molar-refractivity contribution is -0.281. The lowest BCUT2D eigenvalue weighted by atomic mass is 10.0. The van der Waals surface area contributed by atoms with Crippen LogP contribution in [-0.2, 0) is 13.0 Å². The maximum Gasteiger partial charge on any atom is 0.453 e. The van der Waals surface area contributed by atoms with Crippen LogP contribution in [0, 0.1) is 6.57 Å². The van der Waals surface area contributed by atoms with Gasteiger partial charge in [-0.1, -0.05) is 18.2 Å². The summed E-state index contributed by atoms with van der Waals surface area (Å²) in [6.45, 7) is 7.55. The number of hydrogen-bond donors (Lipinski definition) is 1. The van der Waals surface area contributed by atoms with Crippen molar-refractivity contribution in [1.82, 2.24) is 4.90 Å². The summed E-state index contributed by atoms with van der Waals surface area (Å²) in [5.74, 6) is -4.69. The number of benzene rings is 2. The SMILES string of the molecule is [C-]#[N+]c1cc(N)c(Oc2ccccc2CN(C)C)cc1CC([18F])([18F])C([18F])([18F])[18F]. The van der Waals surface area contributed by atoms with E-state index >= 15 is 0 Å². The fourth-order valence-electron chi connectivity index (χ4n) is 2.49. The van der Waals surface area contributed by atoms with Crippen LogP contribution in [0.15, 0.2) is 36.4 Å². The van der Waals surface area contributed by atoms with Crippen LogP contribution in [0.5, 0.6) is 11.5 Å². The maximum atomic E-state index is 13.5. The number of hydrogen-bond acceptors (Lipinski definition) is 3. The Balaban J connectivity index is 2.44. The van der Waals surface area contributed by atoms with Crippen LogP contribution in [0.2, 0.25) is 0 Å². The summed E-state index contributed by atoms with van der Waals surface area (Å²) < 4.78 is 70.4. The first kappa shape index (κ1) is 21.4. The number of rotatable bonds is 6. The standard InChI is InChI=1S/C19H18F5N3O/c1-26-15-9-14(25)17(8-13(15)10-18(20,21)19(22,23)24)28-16-7-5-4-6-12(16)11-27(2)3/h4-9H,10-11,25H2,2-3H3/i20-1,21-1,22-1,23-1,24-1. The Morgan fingerprint density at radius 2 is 1.68 bits per heavy atom. The van der Waals surface area contributed by atoms with Crippen LogP contribution in [0.3, 0.4) is 0 Å². The Hall–Kier alpha value is -2.86. The minimum absolute atomic E-state index is 0.0373. The molecule has 0 heterocycles. The van der Waals surface area contributed by atoms with E-state index in [0.717, 1.165) is 17.7 Å². The van der Waals surface area contributed by atoms with E-state index in [1.165, 1.54) is 0 Å². The molecule has 0 aliphatic carbocycles. The summed E-state index contributed by atoms with van der Waals surface area (Å²) in [5.41, 5.74) is 5.68. The van der Waals surface area contributed by atoms with E-state index in [0.29, 0.717) is 12.3 Å². The summed E-state index contributed by atoms with van der Waals surface area (Å²) in [4.78, 5) is 4.89. The molecule has 0 aromatic heterocycles. The minimum atomic E-state index is -5.73. The molecule has 0 unspecified atom stereocenters. The molecule has 28 heavy (non-hydrogen) atoms. The van der Waals surface area contributed by atoms with Crippen molar-refractivity contribution in [2.24, 2.45) is 0 Å². The summed E-state index contributed by atoms with van der Waals surface area (Å²) >= 11 is 0. The highest BCUT2D eigenvalue weighted by atomic mass is 18.5. The van der Waals surface area contributed by atoms with Crippen molar-refractivity contribution in [3.05, 3.63) is 58.9 Å². The highest BCUT2D eigenvalue weighted by Gasteiger charge is 2.57. The van der Waals surface area contributed by atoms with Gasteiger partial charge in [0.25, 0.3) is 0 Å². The van der Waals surface area contributed by atoms with Crippen molar-refractivity contribution in [1.29, 1.82) is 0 Å². The van der Waals surface area contributed by atoms with E-state index in [2.05, 4.69) is 4.85 Å². The topological polar surface area (TPSA) is 42.9 Å². The van der Waals surface area contributed by atoms with E-state index in [1.807, 2.05) is 19.0 Å². The van der Waals surface area contributed by atoms with Crippen LogP contribution in [0.4, 0.5) is 33.3 Å². The van der Waals surface area contributed by atoms with Gasteiger partial charge in [0.2, 0.25) is 0 Å². The zero-order chi connectivity index (χ0) is 21.1. The minimum Gasteiger partial charge on any atom is -0.455 e. The summed E-state index contributed by atoms with van der Waals surface area (Å²) in [6, 6.07) is 8.90. The molecule has 9 heteroatoms. The monoisotopic (exact) mass is 394 g/mol. The van der Waals surface area contributed by atoms with Crippen molar-refractivity contribution in [2.75, 3.05) is 19.8 Å². The van der Waals surface area contributed by atoms with Crippen molar-refractivity contribution in [2.45, 2.75) is 25.1 Å². The Morgan fingerprint density at radius 1 is 1.04 bits per heavy atom. The van der Waals surface area contributed by atoms with Crippen molar-refractivity contribution in [3.8, 4) is 11.5 Å². The normalized spacial score (nSPS) is 12.1. The summed E-state index contributed by atoms with van der Waals surface area (Å²) in [5, 5.41) is 0. The van der Waals surface area contributed by atoms with Gasteiger partial charge in [-0.3, -0.25) is 0 Å². The Morgan fingerprint density at radius 3 is 2.25 bits per heavy atom. The smallest absolute Gasteiger partial charge is 0.453 e. The van der Waals surface area contributed by atoms with Crippen molar-refractivity contribution < 1.29 is 26.7 Å². The molecule has 2 N–H and O–H groups in total. The zero-order valence-electron chi connectivity index (χ0n) is 15.1. The number of nitrogen functional groups attached to an aromatic ring is 1. The fourth-order valence-corrected chi connectivity index (χ4v) is 2.49. The van der Waals surface area contributed by atoms with Crippen LogP contribution in [0.1, 0.15) is 11.1 Å². The van der Waals surface area contributed by atoms with Crippen molar-refractivity contribution in [3.63, 3.8) is 0 Å². The van der Waals surface area contributed by atoms with Gasteiger partial charge in [0.1, 0.15) is 11.5 Å². The predicted octanol–water partition coefficient (Wildman–Crippen LogP) is 5.41. The molecular weight excluding hydrogens is 376 g/mol. The van der Waals surface area contributed by atoms with E-state index in [1.54, 1.807) is 24.3 Å². The molecule has 0 fully saturated rings. The molecule has 0 saturated carbocycles. The number of nitrogens with two attached hydrogens (primary N) is 1. The maximum absolute atomic E-state index is 13.5. The average Bonchev–Trinajstić information content (AvgIpc) is 2.57. The first-order valence-electron chi connectivity index (χ1n) is 8.09. The van der Waals surface area contributed by atoms with Gasteiger partial charge in [-0.25, -0.2) is 4.85 Å². The van der Waals surface area contributed by atoms with Gasteiger partial charge in [0.05, 0.1) is 12.3 Å². The molecule has 0 spiro atoms. The number of ether oxygens (including phenoxy) is 1. The molecule has 0 amide bonds. The third-order valence-corrected chi connectivity index (χ3v) is 3.84. The highest BCUT2D eigenvalue weighted by molar-refractivity contribution is 5.68. The van der Waals surface area contributed by atoms with E-state index in [4.69, 9.17) is 17.0 Å². The van der Waals surface area contributed by atoms with Crippen LogP contribution >= 0.6 is 0 Å². The number of para-hydroxylation sites is 1. The quantitative estimate of drug-likeness (QED) is 0.405. The fraction of sp³-hybridized carbons (Fsp3) is 0.316. The number of halogens is 5. The number of alkyl halides is 5. The second-order valence-corrected chi connectivity index (χ2v) is 6.46. The third-order valence-electron chi connectivity index (χ3n) is 3.84. The first-order valence-corrected chi connectivity index (χ1v) is 8.09. The number of anilines is 1. The molecule has 150 valence electrons. The molecule has 0 bridgehead atoms. The van der Waals surface area contributed by atoms with E-state index < -0.39 is 24.1 Å². The van der Waals surface area contributed by atoms with Crippen LogP contribution in [0.25, 0.3) is 4.85 Å². The molecule has 0 aliphatic heterocycles. The third kappa shape index (κ3) is 4.89. The lowest BCUT2D eigenvalue weighted by Gasteiger charge is -2.21. The second kappa shape index (κ2) is 8.02. The Kier molecular flexibility index (Phi) is 6.14. The molecule has 0 saturated heterocycles. The largest absolute Gasteiger partial charge is 0.455 e. The molecule has 2 rings (SSSR count). The van der Waals surface area contributed by atoms with Gasteiger partial charge >= 0.3 is 12.1 Å². The highest BCUT2D eigenvalue weighted by Crippen LogP contribution is 2.42. The molecule has 0 radical (unpaired) electrons. The molecule has 0 aliphatic rings. The number of nitrogens with zero attached hydrogens (tertiary/aromatic N) is 2. The van der Waals surface area contributed by atoms with E-state index in [-0.39, 0.29) is 17.1 Å². The average molecular weight is 394 g/mol. The zero-order valence-corrected chi connectivity index (χ0v) is 15.1. The lowest BCUT2D eigenvalue weighted by Crippen LogP contribution is -2.38. The van der Waals surface area contributed by atoms with Crippen LogP contribution < -0.4 is 10.5 Å². The van der Waals surface area contributed by atoms with Gasteiger partial charge in [-0.15, -0.1) is 0 Å². The molecule has 2 aromatic carbocycles. The van der Waals surface area contributed by atoms with Gasteiger partial charge in [0.15, 0.2) is 5.69 Å². The molecular formula is C19H18F5N3O. The predicted molar refractivity (Wildman–Crippen MR) is 95.7 cm³/mol. The molecule has 4 nitrogen and oxygen atoms in total. The van der Waals surface area contributed by atoms with Gasteiger partial charge in [-0.2, -0.15) is 22.0 Å². The van der Waals surface area contributed by atoms with Gasteiger partial charge in [-0.05, 0) is 37.9 Å². The first-order chi connectivity index (χ1) is 12.9. The van der Waals surface area contributed by atoms with Gasteiger partial charge in [0, 0.05) is 18.5 Å². The molecule has 2 aromatic rings. The summed E-state index contributed by atoms with van der Waals surface area (Å²) in [7, 11) is 3.68. The van der Waals surface area contributed by atoms with Crippen molar-refractivity contribution >= 4 is 11.4 Å². The Bertz CT molecular complexity index is 888. The van der Waals surface area contributed by atoms with Crippen LogP contribution in [-0.4, -0.2) is 31.1 Å². The van der Waals surface area contributed by atoms with E-state index in [9.17, 15) is 22.0 Å². The second-order valence-electron chi connectivity index (χ2n) is 6.46. The van der Waals surface area contributed by atoms with Gasteiger partial charge < -0.3 is 15.4 Å². The molecule has 0 atom stereocenters. The Labute approximate surface area is 159 Å².